The molecule has 3 nitrogen and oxygen atoms in total. The molecule has 1 aromatic rings. The van der Waals surface area contributed by atoms with Crippen molar-refractivity contribution < 1.29 is 17.6 Å². The molecule has 0 atom stereocenters. The van der Waals surface area contributed by atoms with Crippen LogP contribution in [0.1, 0.15) is 24.2 Å². The van der Waals surface area contributed by atoms with Crippen molar-refractivity contribution in [3.63, 3.8) is 0 Å². The third-order valence-corrected chi connectivity index (χ3v) is 3.96. The first-order chi connectivity index (χ1) is 7.80. The highest BCUT2D eigenvalue weighted by Crippen LogP contribution is 2.08. The van der Waals surface area contributed by atoms with E-state index in [-0.39, 0.29) is 17.2 Å². The van der Waals surface area contributed by atoms with E-state index in [0.29, 0.717) is 0 Å². The average Bonchev–Trinajstić information content (AvgIpc) is 2.14. The highest BCUT2D eigenvalue weighted by molar-refractivity contribution is 7.92. The third kappa shape index (κ3) is 4.65. The number of carbonyl (C=O) groups excluding carboxylic acids is 1. The fraction of sp³-hybridized carbons (Fsp3) is 0.417. The van der Waals surface area contributed by atoms with Crippen LogP contribution in [0.15, 0.2) is 24.3 Å². The predicted octanol–water partition coefficient (Wildman–Crippen LogP) is 2.08. The summed E-state index contributed by atoms with van der Waals surface area (Å²) in [4.78, 5) is 11.6. The number of sulfone groups is 1. The molecule has 1 rings (SSSR count). The van der Waals surface area contributed by atoms with Gasteiger partial charge in [0.05, 0.1) is 5.75 Å². The number of hydrogen-bond donors (Lipinski definition) is 0. The topological polar surface area (TPSA) is 51.2 Å². The Morgan fingerprint density at radius 3 is 2.53 bits per heavy atom. The Morgan fingerprint density at radius 1 is 1.35 bits per heavy atom. The molecule has 0 aliphatic rings. The van der Waals surface area contributed by atoms with E-state index in [1.54, 1.807) is 13.8 Å². The van der Waals surface area contributed by atoms with E-state index in [2.05, 4.69) is 0 Å². The third-order valence-electron chi connectivity index (χ3n) is 2.08. The van der Waals surface area contributed by atoms with Crippen molar-refractivity contribution in [1.29, 1.82) is 0 Å². The summed E-state index contributed by atoms with van der Waals surface area (Å²) in [5.74, 6) is -1.73. The minimum Gasteiger partial charge on any atom is -0.293 e. The monoisotopic (exact) mass is 258 g/mol. The van der Waals surface area contributed by atoms with Crippen molar-refractivity contribution in [3.05, 3.63) is 35.6 Å². The van der Waals surface area contributed by atoms with E-state index in [0.717, 1.165) is 6.07 Å². The van der Waals surface area contributed by atoms with Gasteiger partial charge in [0.15, 0.2) is 15.6 Å². The SMILES string of the molecule is CC(C)CS(=O)(=O)CC(=O)c1cccc(F)c1. The number of Topliss-reactive ketones (excluding diaryl/α,β-unsaturated/α-hetero) is 1. The summed E-state index contributed by atoms with van der Waals surface area (Å²) in [6, 6.07) is 5.06. The normalized spacial score (nSPS) is 11.8. The van der Waals surface area contributed by atoms with Gasteiger partial charge in [-0.15, -0.1) is 0 Å². The number of halogens is 1. The van der Waals surface area contributed by atoms with E-state index in [4.69, 9.17) is 0 Å². The Hall–Kier alpha value is -1.23. The summed E-state index contributed by atoms with van der Waals surface area (Å²) < 4.78 is 36.1. The Labute approximate surface area is 101 Å². The van der Waals surface area contributed by atoms with Crippen molar-refractivity contribution >= 4 is 15.6 Å². The van der Waals surface area contributed by atoms with Gasteiger partial charge in [-0.2, -0.15) is 0 Å². The summed E-state index contributed by atoms with van der Waals surface area (Å²) in [6.07, 6.45) is 0. The minimum absolute atomic E-state index is 0.0275. The van der Waals surface area contributed by atoms with Gasteiger partial charge < -0.3 is 0 Å². The Morgan fingerprint density at radius 2 is 2.00 bits per heavy atom. The summed E-state index contributed by atoms with van der Waals surface area (Å²) in [5, 5.41) is 0. The van der Waals surface area contributed by atoms with Crippen molar-refractivity contribution in [2.75, 3.05) is 11.5 Å². The zero-order valence-electron chi connectivity index (χ0n) is 9.81. The number of carbonyl (C=O) groups is 1. The second kappa shape index (κ2) is 5.40. The van der Waals surface area contributed by atoms with Crippen LogP contribution in [0.3, 0.4) is 0 Å². The molecular formula is C12H15FO3S. The van der Waals surface area contributed by atoms with Crippen LogP contribution in [-0.4, -0.2) is 25.7 Å². The first kappa shape index (κ1) is 13.8. The molecule has 0 spiro atoms. The van der Waals surface area contributed by atoms with E-state index in [1.165, 1.54) is 18.2 Å². The molecule has 0 saturated heterocycles. The maximum absolute atomic E-state index is 12.9. The number of rotatable bonds is 5. The number of benzene rings is 1. The molecule has 0 bridgehead atoms. The molecule has 17 heavy (non-hydrogen) atoms. The Bertz CT molecular complexity index is 506. The van der Waals surface area contributed by atoms with E-state index >= 15 is 0 Å². The second-order valence-electron chi connectivity index (χ2n) is 4.38. The highest BCUT2D eigenvalue weighted by Gasteiger charge is 2.19. The van der Waals surface area contributed by atoms with Gasteiger partial charge in [-0.3, -0.25) is 4.79 Å². The molecule has 0 unspecified atom stereocenters. The van der Waals surface area contributed by atoms with Crippen molar-refractivity contribution in [1.82, 2.24) is 0 Å². The van der Waals surface area contributed by atoms with Crippen LogP contribution in [0.5, 0.6) is 0 Å². The van der Waals surface area contributed by atoms with Crippen molar-refractivity contribution in [2.24, 2.45) is 5.92 Å². The maximum Gasteiger partial charge on any atom is 0.177 e. The summed E-state index contributed by atoms with van der Waals surface area (Å²) >= 11 is 0. The van der Waals surface area contributed by atoms with Crippen LogP contribution in [0, 0.1) is 11.7 Å². The molecule has 0 amide bonds. The smallest absolute Gasteiger partial charge is 0.177 e. The van der Waals surface area contributed by atoms with Crippen molar-refractivity contribution in [2.45, 2.75) is 13.8 Å². The molecular weight excluding hydrogens is 243 g/mol. The van der Waals surface area contributed by atoms with Crippen LogP contribution < -0.4 is 0 Å². The van der Waals surface area contributed by atoms with Crippen LogP contribution >= 0.6 is 0 Å². The lowest BCUT2D eigenvalue weighted by atomic mass is 10.1. The van der Waals surface area contributed by atoms with Gasteiger partial charge in [0.2, 0.25) is 0 Å². The molecule has 0 N–H and O–H groups in total. The van der Waals surface area contributed by atoms with Crippen LogP contribution in [0.4, 0.5) is 4.39 Å². The second-order valence-corrected chi connectivity index (χ2v) is 6.49. The predicted molar refractivity (Wildman–Crippen MR) is 64.2 cm³/mol. The molecule has 1 aromatic carbocycles. The summed E-state index contributed by atoms with van der Waals surface area (Å²) in [6.45, 7) is 3.54. The highest BCUT2D eigenvalue weighted by atomic mass is 32.2. The molecule has 0 heterocycles. The molecule has 0 radical (unpaired) electrons. The summed E-state index contributed by atoms with van der Waals surface area (Å²) in [5.41, 5.74) is 0.0948. The molecule has 5 heteroatoms. The first-order valence-corrected chi connectivity index (χ1v) is 7.11. The zero-order valence-corrected chi connectivity index (χ0v) is 10.6. The van der Waals surface area contributed by atoms with Gasteiger partial charge in [-0.25, -0.2) is 12.8 Å². The summed E-state index contributed by atoms with van der Waals surface area (Å²) in [7, 11) is -3.41. The van der Waals surface area contributed by atoms with Crippen LogP contribution in [-0.2, 0) is 9.84 Å². The molecule has 94 valence electrons. The Balaban J connectivity index is 2.80. The maximum atomic E-state index is 12.9. The van der Waals surface area contributed by atoms with Crippen LogP contribution in [0.25, 0.3) is 0 Å². The van der Waals surface area contributed by atoms with Gasteiger partial charge in [-0.05, 0) is 18.1 Å². The van der Waals surface area contributed by atoms with Gasteiger partial charge in [0, 0.05) is 5.56 Å². The van der Waals surface area contributed by atoms with Crippen molar-refractivity contribution in [3.8, 4) is 0 Å². The largest absolute Gasteiger partial charge is 0.293 e. The molecule has 0 fully saturated rings. The zero-order chi connectivity index (χ0) is 13.1. The Kier molecular flexibility index (Phi) is 4.40. The van der Waals surface area contributed by atoms with E-state index in [1.807, 2.05) is 0 Å². The molecule has 0 aromatic heterocycles. The van der Waals surface area contributed by atoms with Gasteiger partial charge in [-0.1, -0.05) is 26.0 Å². The molecule has 0 aliphatic heterocycles. The molecule has 0 saturated carbocycles. The quantitative estimate of drug-likeness (QED) is 0.760. The van der Waals surface area contributed by atoms with Gasteiger partial charge >= 0.3 is 0 Å². The fourth-order valence-electron chi connectivity index (χ4n) is 1.51. The lowest BCUT2D eigenvalue weighted by Gasteiger charge is -2.06. The molecule has 0 aliphatic carbocycles. The number of ketones is 1. The van der Waals surface area contributed by atoms with Gasteiger partial charge in [0.25, 0.3) is 0 Å². The lowest BCUT2D eigenvalue weighted by Crippen LogP contribution is -2.21. The van der Waals surface area contributed by atoms with Gasteiger partial charge in [0.1, 0.15) is 11.6 Å². The van der Waals surface area contributed by atoms with E-state index in [9.17, 15) is 17.6 Å². The standard InChI is InChI=1S/C12H15FO3S/c1-9(2)7-17(15,16)8-12(14)10-4-3-5-11(13)6-10/h3-6,9H,7-8H2,1-2H3. The average molecular weight is 258 g/mol. The van der Waals surface area contributed by atoms with E-state index < -0.39 is 27.2 Å². The fourth-order valence-corrected chi connectivity index (χ4v) is 3.21. The minimum atomic E-state index is -3.41. The van der Waals surface area contributed by atoms with Crippen LogP contribution in [0.2, 0.25) is 0 Å². The number of hydrogen-bond acceptors (Lipinski definition) is 3. The lowest BCUT2D eigenvalue weighted by molar-refractivity contribution is 0.102. The first-order valence-electron chi connectivity index (χ1n) is 5.29.